The Morgan fingerprint density at radius 3 is 2.00 bits per heavy atom. The molecule has 146 valence electrons. The van der Waals surface area contributed by atoms with Gasteiger partial charge in [-0.05, 0) is 81.3 Å². The molecule has 0 aromatic heterocycles. The van der Waals surface area contributed by atoms with Crippen molar-refractivity contribution in [2.24, 2.45) is 11.8 Å². The fraction of sp³-hybridized carbons (Fsp3) is 0.650. The van der Waals surface area contributed by atoms with E-state index in [0.717, 1.165) is 69.5 Å². The fourth-order valence-corrected chi connectivity index (χ4v) is 4.57. The number of hydrogen-bond donors (Lipinski definition) is 1. The number of likely N-dealkylation sites (tertiary alicyclic amines) is 1. The highest BCUT2D eigenvalue weighted by atomic mass is 35.5. The van der Waals surface area contributed by atoms with Crippen LogP contribution in [0.15, 0.2) is 24.3 Å². The lowest BCUT2D eigenvalue weighted by Crippen LogP contribution is -2.33. The van der Waals surface area contributed by atoms with Crippen LogP contribution in [0.3, 0.4) is 0 Å². The molecule has 2 atom stereocenters. The lowest BCUT2D eigenvalue weighted by atomic mass is 9.92. The lowest BCUT2D eigenvalue weighted by Gasteiger charge is -2.29. The van der Waals surface area contributed by atoms with Crippen molar-refractivity contribution in [3.8, 4) is 0 Å². The van der Waals surface area contributed by atoms with Crippen molar-refractivity contribution in [2.75, 3.05) is 44.2 Å². The molecule has 3 fully saturated rings. The van der Waals surface area contributed by atoms with Gasteiger partial charge in [0.05, 0.1) is 0 Å². The first-order valence-electron chi connectivity index (χ1n) is 9.66. The molecule has 4 rings (SSSR count). The predicted octanol–water partition coefficient (Wildman–Crippen LogP) is 3.59. The van der Waals surface area contributed by atoms with Gasteiger partial charge in [-0.3, -0.25) is 4.79 Å². The molecule has 4 nitrogen and oxygen atoms in total. The number of benzene rings is 1. The summed E-state index contributed by atoms with van der Waals surface area (Å²) in [7, 11) is 0. The third-order valence-electron chi connectivity index (χ3n) is 6.14. The second kappa shape index (κ2) is 9.82. The summed E-state index contributed by atoms with van der Waals surface area (Å²) < 4.78 is 0. The molecule has 0 saturated carbocycles. The van der Waals surface area contributed by atoms with E-state index in [9.17, 15) is 4.79 Å². The second-order valence-electron chi connectivity index (χ2n) is 7.64. The Morgan fingerprint density at radius 2 is 1.42 bits per heavy atom. The monoisotopic (exact) mass is 399 g/mol. The van der Waals surface area contributed by atoms with Crippen LogP contribution in [-0.4, -0.2) is 50.1 Å². The van der Waals surface area contributed by atoms with Crippen LogP contribution < -0.4 is 10.2 Å². The number of nitrogens with zero attached hydrogens (tertiary/aromatic N) is 2. The van der Waals surface area contributed by atoms with Crippen LogP contribution in [0.4, 0.5) is 5.69 Å². The standard InChI is InChI=1S/C20H29N3O.2ClH/c24-20(23-12-8-17-14-21-15-18(17)9-13-23)16-4-6-19(7-5-16)22-10-2-1-3-11-22;;/h4-7,17-18,21H,1-3,8-15H2;2*1H/t17-,18+;;. The number of fused-ring (bicyclic) bond motifs is 1. The molecule has 6 heteroatoms. The molecule has 0 unspecified atom stereocenters. The van der Waals surface area contributed by atoms with E-state index in [2.05, 4.69) is 27.2 Å². The number of piperidine rings is 1. The molecule has 1 N–H and O–H groups in total. The molecular formula is C20H31Cl2N3O. The number of hydrogen-bond acceptors (Lipinski definition) is 3. The SMILES string of the molecule is Cl.Cl.O=C(c1ccc(N2CCCCC2)cc1)N1CC[C@@H]2CNC[C@@H]2CC1. The molecule has 0 aliphatic carbocycles. The van der Waals surface area contributed by atoms with Gasteiger partial charge in [-0.15, -0.1) is 24.8 Å². The van der Waals surface area contributed by atoms with Crippen molar-refractivity contribution >= 4 is 36.4 Å². The third-order valence-corrected chi connectivity index (χ3v) is 6.14. The van der Waals surface area contributed by atoms with Crippen molar-refractivity contribution in [1.82, 2.24) is 10.2 Å². The normalized spacial score (nSPS) is 25.5. The molecule has 0 spiro atoms. The van der Waals surface area contributed by atoms with E-state index in [1.807, 2.05) is 12.1 Å². The van der Waals surface area contributed by atoms with Gasteiger partial charge in [0, 0.05) is 37.4 Å². The minimum absolute atomic E-state index is 0. The van der Waals surface area contributed by atoms with Gasteiger partial charge >= 0.3 is 0 Å². The Labute approximate surface area is 169 Å². The molecule has 3 aliphatic heterocycles. The summed E-state index contributed by atoms with van der Waals surface area (Å²) in [6.07, 6.45) is 6.21. The molecule has 3 heterocycles. The van der Waals surface area contributed by atoms with E-state index in [1.165, 1.54) is 24.9 Å². The Bertz CT molecular complexity index is 561. The summed E-state index contributed by atoms with van der Waals surface area (Å²) in [5.41, 5.74) is 2.11. The zero-order valence-electron chi connectivity index (χ0n) is 15.4. The molecule has 3 saturated heterocycles. The van der Waals surface area contributed by atoms with Gasteiger partial charge in [-0.25, -0.2) is 0 Å². The maximum absolute atomic E-state index is 12.9. The maximum atomic E-state index is 12.9. The van der Waals surface area contributed by atoms with Crippen LogP contribution in [0.1, 0.15) is 42.5 Å². The molecule has 26 heavy (non-hydrogen) atoms. The number of anilines is 1. The van der Waals surface area contributed by atoms with E-state index >= 15 is 0 Å². The molecule has 0 radical (unpaired) electrons. The van der Waals surface area contributed by atoms with Gasteiger partial charge in [0.1, 0.15) is 0 Å². The van der Waals surface area contributed by atoms with Gasteiger partial charge in [0.15, 0.2) is 0 Å². The van der Waals surface area contributed by atoms with Gasteiger partial charge in [0.2, 0.25) is 0 Å². The summed E-state index contributed by atoms with van der Waals surface area (Å²) >= 11 is 0. The number of carbonyl (C=O) groups is 1. The number of nitrogens with one attached hydrogen (secondary N) is 1. The van der Waals surface area contributed by atoms with Crippen LogP contribution in [-0.2, 0) is 0 Å². The predicted molar refractivity (Wildman–Crippen MR) is 112 cm³/mol. The molecular weight excluding hydrogens is 369 g/mol. The van der Waals surface area contributed by atoms with Gasteiger partial charge < -0.3 is 15.1 Å². The van der Waals surface area contributed by atoms with Crippen molar-refractivity contribution in [3.63, 3.8) is 0 Å². The Kier molecular flexibility index (Phi) is 8.05. The molecule has 1 amide bonds. The molecule has 1 aromatic carbocycles. The maximum Gasteiger partial charge on any atom is 0.253 e. The first-order valence-corrected chi connectivity index (χ1v) is 9.66. The first kappa shape index (κ1) is 21.3. The molecule has 1 aromatic rings. The second-order valence-corrected chi connectivity index (χ2v) is 7.64. The highest BCUT2D eigenvalue weighted by molar-refractivity contribution is 5.94. The van der Waals surface area contributed by atoms with Crippen molar-refractivity contribution in [1.29, 1.82) is 0 Å². The summed E-state index contributed by atoms with van der Waals surface area (Å²) in [5.74, 6) is 1.75. The lowest BCUT2D eigenvalue weighted by molar-refractivity contribution is 0.0758. The van der Waals surface area contributed by atoms with Crippen molar-refractivity contribution in [3.05, 3.63) is 29.8 Å². The van der Waals surface area contributed by atoms with Crippen LogP contribution in [0.5, 0.6) is 0 Å². The molecule has 3 aliphatic rings. The number of rotatable bonds is 2. The topological polar surface area (TPSA) is 35.6 Å². The highest BCUT2D eigenvalue weighted by Gasteiger charge is 2.31. The van der Waals surface area contributed by atoms with Crippen molar-refractivity contribution in [2.45, 2.75) is 32.1 Å². The summed E-state index contributed by atoms with van der Waals surface area (Å²) in [6.45, 7) is 6.39. The zero-order chi connectivity index (χ0) is 16.4. The smallest absolute Gasteiger partial charge is 0.253 e. The number of halogens is 2. The van der Waals surface area contributed by atoms with E-state index in [-0.39, 0.29) is 30.7 Å². The van der Waals surface area contributed by atoms with Gasteiger partial charge in [-0.1, -0.05) is 0 Å². The highest BCUT2D eigenvalue weighted by Crippen LogP contribution is 2.28. The van der Waals surface area contributed by atoms with Gasteiger partial charge in [0.25, 0.3) is 5.91 Å². The number of carbonyl (C=O) groups excluding carboxylic acids is 1. The van der Waals surface area contributed by atoms with E-state index in [0.29, 0.717) is 0 Å². The minimum atomic E-state index is 0. The quantitative estimate of drug-likeness (QED) is 0.824. The largest absolute Gasteiger partial charge is 0.372 e. The summed E-state index contributed by atoms with van der Waals surface area (Å²) in [6, 6.07) is 8.32. The first-order chi connectivity index (χ1) is 11.8. The van der Waals surface area contributed by atoms with E-state index in [4.69, 9.17) is 0 Å². The summed E-state index contributed by atoms with van der Waals surface area (Å²) in [4.78, 5) is 17.4. The van der Waals surface area contributed by atoms with Crippen molar-refractivity contribution < 1.29 is 4.79 Å². The Morgan fingerprint density at radius 1 is 0.846 bits per heavy atom. The van der Waals surface area contributed by atoms with Crippen LogP contribution in [0.25, 0.3) is 0 Å². The Hall–Kier alpha value is -0.970. The third kappa shape index (κ3) is 4.65. The average molecular weight is 400 g/mol. The summed E-state index contributed by atoms with van der Waals surface area (Å²) in [5, 5.41) is 3.50. The zero-order valence-corrected chi connectivity index (χ0v) is 17.0. The Balaban J connectivity index is 0.00000121. The average Bonchev–Trinajstić information content (AvgIpc) is 3.00. The van der Waals surface area contributed by atoms with Crippen LogP contribution in [0, 0.1) is 11.8 Å². The minimum Gasteiger partial charge on any atom is -0.372 e. The van der Waals surface area contributed by atoms with Gasteiger partial charge in [-0.2, -0.15) is 0 Å². The van der Waals surface area contributed by atoms with E-state index in [1.54, 1.807) is 0 Å². The molecule has 0 bridgehead atoms. The fourth-order valence-electron chi connectivity index (χ4n) is 4.57. The van der Waals surface area contributed by atoms with Crippen LogP contribution >= 0.6 is 24.8 Å². The van der Waals surface area contributed by atoms with Crippen LogP contribution in [0.2, 0.25) is 0 Å². The number of amides is 1. The van der Waals surface area contributed by atoms with E-state index < -0.39 is 0 Å².